The molecule has 3 fully saturated rings. The molecule has 4 aromatic rings. The number of fused-ring (bicyclic) bond motifs is 3. The fraction of sp³-hybridized carbons (Fsp3) is 0.405. The SMILES string of the molecule is C=C(NCCCn1cc(-c2ccc(C)cc2)c2cc(CN3CC4CC3CN4Cc3c(Cl)cccc3Cl)ccc21)C1CNCCN1. The molecule has 3 N–H and O–H groups in total. The molecule has 7 rings (SSSR count). The van der Waals surface area contributed by atoms with E-state index in [2.05, 4.69) is 92.5 Å². The number of rotatable bonds is 11. The third kappa shape index (κ3) is 6.69. The van der Waals surface area contributed by atoms with Gasteiger partial charge in [-0.3, -0.25) is 9.80 Å². The van der Waals surface area contributed by atoms with E-state index in [0.29, 0.717) is 18.1 Å². The smallest absolute Gasteiger partial charge is 0.0590 e. The zero-order chi connectivity index (χ0) is 30.9. The molecule has 3 saturated heterocycles. The highest BCUT2D eigenvalue weighted by atomic mass is 35.5. The van der Waals surface area contributed by atoms with Crippen LogP contribution in [0.1, 0.15) is 29.5 Å². The first-order chi connectivity index (χ1) is 21.9. The minimum absolute atomic E-state index is 0.299. The normalized spacial score (nSPS) is 22.0. The molecule has 236 valence electrons. The fourth-order valence-corrected chi connectivity index (χ4v) is 7.97. The van der Waals surface area contributed by atoms with Crippen LogP contribution in [0.3, 0.4) is 0 Å². The van der Waals surface area contributed by atoms with Gasteiger partial charge in [-0.05, 0) is 55.2 Å². The first kappa shape index (κ1) is 30.8. The molecule has 1 aromatic heterocycles. The van der Waals surface area contributed by atoms with Gasteiger partial charge in [0.05, 0.1) is 6.04 Å². The summed E-state index contributed by atoms with van der Waals surface area (Å²) in [5.41, 5.74) is 8.69. The molecule has 4 heterocycles. The summed E-state index contributed by atoms with van der Waals surface area (Å²) in [4.78, 5) is 5.24. The van der Waals surface area contributed by atoms with E-state index in [9.17, 15) is 0 Å². The van der Waals surface area contributed by atoms with Gasteiger partial charge in [-0.15, -0.1) is 0 Å². The Labute approximate surface area is 277 Å². The molecule has 3 aliphatic heterocycles. The maximum atomic E-state index is 6.50. The van der Waals surface area contributed by atoms with Crippen LogP contribution < -0.4 is 16.0 Å². The average Bonchev–Trinajstić information content (AvgIpc) is 3.74. The van der Waals surface area contributed by atoms with Gasteiger partial charge in [0.25, 0.3) is 0 Å². The summed E-state index contributed by atoms with van der Waals surface area (Å²) < 4.78 is 2.44. The first-order valence-electron chi connectivity index (χ1n) is 16.4. The lowest BCUT2D eigenvalue weighted by molar-refractivity contribution is 0.118. The van der Waals surface area contributed by atoms with Crippen LogP contribution in [-0.4, -0.2) is 71.8 Å². The Morgan fingerprint density at radius 1 is 0.956 bits per heavy atom. The number of benzene rings is 3. The summed E-state index contributed by atoms with van der Waals surface area (Å²) in [6.07, 6.45) is 4.60. The summed E-state index contributed by atoms with van der Waals surface area (Å²) in [5, 5.41) is 13.4. The van der Waals surface area contributed by atoms with Crippen molar-refractivity contribution in [2.45, 2.75) is 57.5 Å². The molecule has 3 unspecified atom stereocenters. The number of halogens is 2. The zero-order valence-corrected chi connectivity index (χ0v) is 27.7. The maximum Gasteiger partial charge on any atom is 0.0590 e. The Kier molecular flexibility index (Phi) is 9.23. The minimum Gasteiger partial charge on any atom is -0.387 e. The topological polar surface area (TPSA) is 47.5 Å². The van der Waals surface area contributed by atoms with Crippen molar-refractivity contribution >= 4 is 34.1 Å². The summed E-state index contributed by atoms with van der Waals surface area (Å²) in [6.45, 7) is 15.2. The number of hydrogen-bond acceptors (Lipinski definition) is 5. The van der Waals surface area contributed by atoms with Gasteiger partial charge in [0.2, 0.25) is 0 Å². The Balaban J connectivity index is 1.04. The molecule has 0 radical (unpaired) electrons. The Morgan fingerprint density at radius 3 is 2.42 bits per heavy atom. The molecule has 0 amide bonds. The number of aromatic nitrogens is 1. The molecule has 3 aliphatic rings. The van der Waals surface area contributed by atoms with Gasteiger partial charge in [-0.25, -0.2) is 0 Å². The second kappa shape index (κ2) is 13.5. The van der Waals surface area contributed by atoms with Crippen LogP contribution in [0, 0.1) is 6.92 Å². The van der Waals surface area contributed by atoms with Gasteiger partial charge < -0.3 is 20.5 Å². The van der Waals surface area contributed by atoms with Crippen molar-refractivity contribution < 1.29 is 0 Å². The number of piperazine rings is 2. The van der Waals surface area contributed by atoms with Gasteiger partial charge in [0.1, 0.15) is 0 Å². The molecule has 45 heavy (non-hydrogen) atoms. The molecule has 0 aliphatic carbocycles. The Morgan fingerprint density at radius 2 is 1.71 bits per heavy atom. The van der Waals surface area contributed by atoms with Crippen molar-refractivity contribution in [2.24, 2.45) is 0 Å². The van der Waals surface area contributed by atoms with Crippen LogP contribution in [0.2, 0.25) is 10.0 Å². The van der Waals surface area contributed by atoms with E-state index < -0.39 is 0 Å². The standard InChI is InChI=1S/C37H44Cl2N6/c1-25-7-10-28(11-8-25)32-23-43(16-4-13-41-26(2)36-19-40-14-15-42-36)37-12-9-27(17-31(32)37)20-44-21-30-18-29(44)22-45(30)24-33-34(38)5-3-6-35(33)39/h3,5-12,17,23,29-30,36,40-42H,2,4,13-16,18-22,24H2,1H3. The maximum absolute atomic E-state index is 6.50. The van der Waals surface area contributed by atoms with Gasteiger partial charge in [-0.1, -0.05) is 71.7 Å². The van der Waals surface area contributed by atoms with Crippen LogP contribution in [0.5, 0.6) is 0 Å². The van der Waals surface area contributed by atoms with Crippen LogP contribution in [-0.2, 0) is 19.6 Å². The number of nitrogens with one attached hydrogen (secondary N) is 3. The van der Waals surface area contributed by atoms with Crippen LogP contribution in [0.25, 0.3) is 22.0 Å². The number of aryl methyl sites for hydroxylation is 2. The van der Waals surface area contributed by atoms with Gasteiger partial charge in [0.15, 0.2) is 0 Å². The van der Waals surface area contributed by atoms with Crippen LogP contribution >= 0.6 is 23.2 Å². The highest BCUT2D eigenvalue weighted by molar-refractivity contribution is 6.36. The number of hydrogen-bond donors (Lipinski definition) is 3. The highest BCUT2D eigenvalue weighted by Gasteiger charge is 2.43. The molecule has 3 atom stereocenters. The van der Waals surface area contributed by atoms with E-state index in [1.165, 1.54) is 39.6 Å². The van der Waals surface area contributed by atoms with E-state index >= 15 is 0 Å². The zero-order valence-electron chi connectivity index (χ0n) is 26.2. The largest absolute Gasteiger partial charge is 0.387 e. The van der Waals surface area contributed by atoms with Gasteiger partial charge >= 0.3 is 0 Å². The second-order valence-corrected chi connectivity index (χ2v) is 13.9. The molecular formula is C37H44Cl2N6. The summed E-state index contributed by atoms with van der Waals surface area (Å²) in [6, 6.07) is 23.3. The van der Waals surface area contributed by atoms with Crippen molar-refractivity contribution in [1.82, 2.24) is 30.3 Å². The highest BCUT2D eigenvalue weighted by Crippen LogP contribution is 2.37. The first-order valence-corrected chi connectivity index (χ1v) is 17.1. The lowest BCUT2D eigenvalue weighted by atomic mass is 10.0. The second-order valence-electron chi connectivity index (χ2n) is 13.1. The fourth-order valence-electron chi connectivity index (χ4n) is 7.45. The van der Waals surface area contributed by atoms with Crippen molar-refractivity contribution in [3.8, 4) is 11.1 Å². The van der Waals surface area contributed by atoms with Crippen molar-refractivity contribution in [3.63, 3.8) is 0 Å². The van der Waals surface area contributed by atoms with Crippen LogP contribution in [0.15, 0.2) is 79.1 Å². The predicted octanol–water partition coefficient (Wildman–Crippen LogP) is 6.44. The van der Waals surface area contributed by atoms with E-state index in [0.717, 1.165) is 86.6 Å². The van der Waals surface area contributed by atoms with Gasteiger partial charge in [0, 0.05) is 115 Å². The Hall–Kier alpha value is -2.84. The quantitative estimate of drug-likeness (QED) is 0.165. The third-order valence-corrected chi connectivity index (χ3v) is 10.7. The lowest BCUT2D eigenvalue weighted by Gasteiger charge is -2.34. The molecule has 3 aromatic carbocycles. The van der Waals surface area contributed by atoms with Crippen molar-refractivity contribution in [1.29, 1.82) is 0 Å². The molecule has 0 spiro atoms. The summed E-state index contributed by atoms with van der Waals surface area (Å²) >= 11 is 13.0. The summed E-state index contributed by atoms with van der Waals surface area (Å²) in [7, 11) is 0. The van der Waals surface area contributed by atoms with E-state index in [4.69, 9.17) is 23.2 Å². The van der Waals surface area contributed by atoms with Crippen LogP contribution in [0.4, 0.5) is 0 Å². The molecule has 8 heteroatoms. The molecule has 0 saturated carbocycles. The van der Waals surface area contributed by atoms with Gasteiger partial charge in [-0.2, -0.15) is 0 Å². The third-order valence-electron chi connectivity index (χ3n) is 9.97. The Bertz CT molecular complexity index is 1640. The predicted molar refractivity (Wildman–Crippen MR) is 188 cm³/mol. The minimum atomic E-state index is 0.299. The summed E-state index contributed by atoms with van der Waals surface area (Å²) in [5.74, 6) is 0. The van der Waals surface area contributed by atoms with Crippen molar-refractivity contribution in [3.05, 3.63) is 106 Å². The van der Waals surface area contributed by atoms with E-state index in [1.54, 1.807) is 0 Å². The van der Waals surface area contributed by atoms with E-state index in [1.807, 2.05) is 18.2 Å². The number of nitrogens with zero attached hydrogens (tertiary/aromatic N) is 3. The number of likely N-dealkylation sites (tertiary alicyclic amines) is 2. The molecule has 2 bridgehead atoms. The molecular weight excluding hydrogens is 599 g/mol. The monoisotopic (exact) mass is 642 g/mol. The average molecular weight is 644 g/mol. The van der Waals surface area contributed by atoms with Crippen molar-refractivity contribution in [2.75, 3.05) is 39.3 Å². The van der Waals surface area contributed by atoms with E-state index in [-0.39, 0.29) is 0 Å². The molecule has 6 nitrogen and oxygen atoms in total. The lowest BCUT2D eigenvalue weighted by Crippen LogP contribution is -2.51.